The first-order chi connectivity index (χ1) is 7.29. The standard InChI is InChI=1S/C12H16INO/c13-11-1-3-12(4-2-11)14-7-5-10(9-15)6-8-14/h1-4,10,15H,5-9H2. The van der Waals surface area contributed by atoms with Gasteiger partial charge in [-0.15, -0.1) is 0 Å². The molecule has 1 N–H and O–H groups in total. The molecule has 0 unspecified atom stereocenters. The number of anilines is 1. The molecule has 0 spiro atoms. The summed E-state index contributed by atoms with van der Waals surface area (Å²) >= 11 is 2.32. The number of nitrogens with zero attached hydrogens (tertiary/aromatic N) is 1. The zero-order valence-electron chi connectivity index (χ0n) is 8.69. The average Bonchev–Trinajstić information content (AvgIpc) is 2.30. The SMILES string of the molecule is OCC1CCN(c2ccc(I)cc2)CC1. The van der Waals surface area contributed by atoms with E-state index in [2.05, 4.69) is 51.8 Å². The van der Waals surface area contributed by atoms with E-state index in [0.29, 0.717) is 12.5 Å². The van der Waals surface area contributed by atoms with Crippen LogP contribution >= 0.6 is 22.6 Å². The van der Waals surface area contributed by atoms with E-state index in [0.717, 1.165) is 25.9 Å². The van der Waals surface area contributed by atoms with E-state index in [4.69, 9.17) is 5.11 Å². The zero-order chi connectivity index (χ0) is 10.7. The predicted molar refractivity (Wildman–Crippen MR) is 71.2 cm³/mol. The van der Waals surface area contributed by atoms with Gasteiger partial charge in [0.1, 0.15) is 0 Å². The maximum atomic E-state index is 9.06. The second-order valence-corrected chi connectivity index (χ2v) is 5.34. The summed E-state index contributed by atoms with van der Waals surface area (Å²) in [5.41, 5.74) is 1.31. The van der Waals surface area contributed by atoms with Crippen molar-refractivity contribution in [2.75, 3.05) is 24.6 Å². The number of aliphatic hydroxyl groups excluding tert-OH is 1. The van der Waals surface area contributed by atoms with Gasteiger partial charge in [0.25, 0.3) is 0 Å². The molecule has 0 aliphatic carbocycles. The number of hydrogen-bond donors (Lipinski definition) is 1. The van der Waals surface area contributed by atoms with Gasteiger partial charge in [0.05, 0.1) is 0 Å². The predicted octanol–water partition coefficient (Wildman–Crippen LogP) is 2.50. The zero-order valence-corrected chi connectivity index (χ0v) is 10.9. The third kappa shape index (κ3) is 2.84. The van der Waals surface area contributed by atoms with Gasteiger partial charge in [-0.05, 0) is 65.6 Å². The summed E-state index contributed by atoms with van der Waals surface area (Å²) in [6.45, 7) is 2.50. The van der Waals surface area contributed by atoms with E-state index in [1.54, 1.807) is 0 Å². The lowest BCUT2D eigenvalue weighted by atomic mass is 9.97. The van der Waals surface area contributed by atoms with Crippen LogP contribution in [0.1, 0.15) is 12.8 Å². The minimum absolute atomic E-state index is 0.348. The second-order valence-electron chi connectivity index (χ2n) is 4.09. The van der Waals surface area contributed by atoms with Crippen molar-refractivity contribution in [3.63, 3.8) is 0 Å². The van der Waals surface area contributed by atoms with Gasteiger partial charge in [0, 0.05) is 29.0 Å². The first-order valence-corrected chi connectivity index (χ1v) is 6.49. The van der Waals surface area contributed by atoms with E-state index in [9.17, 15) is 0 Å². The minimum Gasteiger partial charge on any atom is -0.396 e. The molecule has 15 heavy (non-hydrogen) atoms. The van der Waals surface area contributed by atoms with E-state index in [1.165, 1.54) is 9.26 Å². The molecule has 1 aromatic carbocycles. The number of piperidine rings is 1. The Bertz CT molecular complexity index is 304. The fraction of sp³-hybridized carbons (Fsp3) is 0.500. The van der Waals surface area contributed by atoms with Gasteiger partial charge in [-0.3, -0.25) is 0 Å². The van der Waals surface area contributed by atoms with Crippen molar-refractivity contribution in [3.05, 3.63) is 27.8 Å². The lowest BCUT2D eigenvalue weighted by molar-refractivity contribution is 0.203. The highest BCUT2D eigenvalue weighted by Gasteiger charge is 2.18. The molecule has 3 heteroatoms. The van der Waals surface area contributed by atoms with Gasteiger partial charge in [-0.25, -0.2) is 0 Å². The van der Waals surface area contributed by atoms with Crippen LogP contribution in [-0.4, -0.2) is 24.8 Å². The van der Waals surface area contributed by atoms with Crippen LogP contribution in [-0.2, 0) is 0 Å². The summed E-state index contributed by atoms with van der Waals surface area (Å²) < 4.78 is 1.28. The second kappa shape index (κ2) is 5.16. The maximum Gasteiger partial charge on any atom is 0.0460 e. The van der Waals surface area contributed by atoms with Gasteiger partial charge >= 0.3 is 0 Å². The third-order valence-electron chi connectivity index (χ3n) is 3.06. The van der Waals surface area contributed by atoms with Gasteiger partial charge in [0.2, 0.25) is 0 Å². The molecule has 1 heterocycles. The first-order valence-electron chi connectivity index (χ1n) is 5.41. The van der Waals surface area contributed by atoms with Crippen molar-refractivity contribution in [2.45, 2.75) is 12.8 Å². The first kappa shape index (κ1) is 11.2. The smallest absolute Gasteiger partial charge is 0.0460 e. The molecule has 0 radical (unpaired) electrons. The Morgan fingerprint density at radius 3 is 2.33 bits per heavy atom. The van der Waals surface area contributed by atoms with Crippen molar-refractivity contribution >= 4 is 28.3 Å². The Morgan fingerprint density at radius 2 is 1.80 bits per heavy atom. The molecule has 1 fully saturated rings. The van der Waals surface area contributed by atoms with Crippen LogP contribution in [0.3, 0.4) is 0 Å². The van der Waals surface area contributed by atoms with Crippen molar-refractivity contribution in [2.24, 2.45) is 5.92 Å². The lowest BCUT2D eigenvalue weighted by Gasteiger charge is -2.32. The number of rotatable bonds is 2. The lowest BCUT2D eigenvalue weighted by Crippen LogP contribution is -2.34. The van der Waals surface area contributed by atoms with Crippen LogP contribution in [0.15, 0.2) is 24.3 Å². The fourth-order valence-corrected chi connectivity index (χ4v) is 2.39. The molecule has 0 bridgehead atoms. The largest absolute Gasteiger partial charge is 0.396 e. The molecule has 1 saturated heterocycles. The van der Waals surface area contributed by atoms with Crippen LogP contribution in [0.5, 0.6) is 0 Å². The molecule has 0 amide bonds. The Morgan fingerprint density at radius 1 is 1.20 bits per heavy atom. The Labute approximate surface area is 104 Å². The van der Waals surface area contributed by atoms with Crippen LogP contribution < -0.4 is 4.90 Å². The van der Waals surface area contributed by atoms with Gasteiger partial charge in [-0.2, -0.15) is 0 Å². The van der Waals surface area contributed by atoms with Crippen molar-refractivity contribution in [1.29, 1.82) is 0 Å². The van der Waals surface area contributed by atoms with Crippen LogP contribution in [0.4, 0.5) is 5.69 Å². The molecule has 0 atom stereocenters. The molecule has 2 nitrogen and oxygen atoms in total. The average molecular weight is 317 g/mol. The van der Waals surface area contributed by atoms with E-state index in [-0.39, 0.29) is 0 Å². The van der Waals surface area contributed by atoms with Crippen LogP contribution in [0, 0.1) is 9.49 Å². The fourth-order valence-electron chi connectivity index (χ4n) is 2.03. The van der Waals surface area contributed by atoms with E-state index in [1.807, 2.05) is 0 Å². The minimum atomic E-state index is 0.348. The van der Waals surface area contributed by atoms with Crippen LogP contribution in [0.2, 0.25) is 0 Å². The molecule has 1 aliphatic heterocycles. The summed E-state index contributed by atoms with van der Waals surface area (Å²) in [7, 11) is 0. The van der Waals surface area contributed by atoms with E-state index >= 15 is 0 Å². The Balaban J connectivity index is 1.98. The number of benzene rings is 1. The quantitative estimate of drug-likeness (QED) is 0.847. The number of halogens is 1. The molecule has 0 aromatic heterocycles. The molecule has 1 aromatic rings. The van der Waals surface area contributed by atoms with Crippen LogP contribution in [0.25, 0.3) is 0 Å². The maximum absolute atomic E-state index is 9.06. The third-order valence-corrected chi connectivity index (χ3v) is 3.78. The molecule has 0 saturated carbocycles. The molecule has 82 valence electrons. The molecular formula is C12H16INO. The highest BCUT2D eigenvalue weighted by molar-refractivity contribution is 14.1. The Hall–Kier alpha value is -0.290. The van der Waals surface area contributed by atoms with Gasteiger partial charge in [-0.1, -0.05) is 0 Å². The summed E-state index contributed by atoms with van der Waals surface area (Å²) in [5.74, 6) is 0.519. The summed E-state index contributed by atoms with van der Waals surface area (Å²) in [4.78, 5) is 2.41. The molecule has 2 rings (SSSR count). The van der Waals surface area contributed by atoms with Crippen molar-refractivity contribution in [1.82, 2.24) is 0 Å². The number of aliphatic hydroxyl groups is 1. The van der Waals surface area contributed by atoms with Gasteiger partial charge in [0.15, 0.2) is 0 Å². The highest BCUT2D eigenvalue weighted by Crippen LogP contribution is 2.23. The van der Waals surface area contributed by atoms with Crippen molar-refractivity contribution < 1.29 is 5.11 Å². The summed E-state index contributed by atoms with van der Waals surface area (Å²) in [6.07, 6.45) is 2.23. The van der Waals surface area contributed by atoms with Gasteiger partial charge < -0.3 is 10.0 Å². The summed E-state index contributed by atoms with van der Waals surface area (Å²) in [6, 6.07) is 8.66. The molecular weight excluding hydrogens is 301 g/mol. The van der Waals surface area contributed by atoms with Crippen molar-refractivity contribution in [3.8, 4) is 0 Å². The summed E-state index contributed by atoms with van der Waals surface area (Å²) in [5, 5.41) is 9.06. The topological polar surface area (TPSA) is 23.5 Å². The monoisotopic (exact) mass is 317 g/mol. The van der Waals surface area contributed by atoms with E-state index < -0.39 is 0 Å². The highest BCUT2D eigenvalue weighted by atomic mass is 127. The number of hydrogen-bond acceptors (Lipinski definition) is 2. The molecule has 1 aliphatic rings. The normalized spacial score (nSPS) is 18.1. The Kier molecular flexibility index (Phi) is 3.86.